The number of rotatable bonds is 3. The van der Waals surface area contributed by atoms with Gasteiger partial charge in [0.05, 0.1) is 6.61 Å². The van der Waals surface area contributed by atoms with Gasteiger partial charge in [-0.25, -0.2) is 0 Å². The van der Waals surface area contributed by atoms with E-state index in [0.717, 1.165) is 5.69 Å². The normalized spacial score (nSPS) is 10.2. The van der Waals surface area contributed by atoms with E-state index in [0.29, 0.717) is 6.54 Å². The van der Waals surface area contributed by atoms with Crippen LogP contribution in [0.25, 0.3) is 0 Å². The maximum Gasteiger partial charge on any atom is 0.0604 e. The van der Waals surface area contributed by atoms with Crippen LogP contribution in [-0.2, 0) is 0 Å². The zero-order chi connectivity index (χ0) is 9.84. The highest BCUT2D eigenvalue weighted by molar-refractivity contribution is 5.51. The van der Waals surface area contributed by atoms with Crippen molar-refractivity contribution in [3.05, 3.63) is 28.8 Å². The minimum Gasteiger partial charge on any atom is -0.395 e. The summed E-state index contributed by atoms with van der Waals surface area (Å²) in [6.07, 6.45) is 0. The third-order valence-corrected chi connectivity index (χ3v) is 2.37. The summed E-state index contributed by atoms with van der Waals surface area (Å²) in [6.45, 7) is 7.12. The number of hydrogen-bond donors (Lipinski definition) is 2. The second-order valence-electron chi connectivity index (χ2n) is 3.39. The summed E-state index contributed by atoms with van der Waals surface area (Å²) in [5.41, 5.74) is 5.02. The van der Waals surface area contributed by atoms with E-state index < -0.39 is 0 Å². The van der Waals surface area contributed by atoms with E-state index >= 15 is 0 Å². The van der Waals surface area contributed by atoms with Gasteiger partial charge in [-0.15, -0.1) is 0 Å². The fourth-order valence-electron chi connectivity index (χ4n) is 1.34. The number of aryl methyl sites for hydroxylation is 2. The van der Waals surface area contributed by atoms with Crippen LogP contribution in [-0.4, -0.2) is 18.3 Å². The third-order valence-electron chi connectivity index (χ3n) is 2.37. The van der Waals surface area contributed by atoms with Crippen molar-refractivity contribution in [1.29, 1.82) is 0 Å². The molecule has 1 rings (SSSR count). The molecule has 0 aliphatic rings. The van der Waals surface area contributed by atoms with Gasteiger partial charge in [-0.2, -0.15) is 0 Å². The van der Waals surface area contributed by atoms with Crippen molar-refractivity contribution >= 4 is 5.69 Å². The SMILES string of the molecule is Cc1cc(NCCO)cc(C)c1C. The average molecular weight is 179 g/mol. The van der Waals surface area contributed by atoms with Crippen molar-refractivity contribution in [1.82, 2.24) is 0 Å². The van der Waals surface area contributed by atoms with Crippen molar-refractivity contribution in [2.75, 3.05) is 18.5 Å². The molecule has 0 saturated heterocycles. The van der Waals surface area contributed by atoms with Gasteiger partial charge in [0, 0.05) is 12.2 Å². The maximum absolute atomic E-state index is 8.66. The minimum atomic E-state index is 0.173. The molecule has 0 heterocycles. The smallest absolute Gasteiger partial charge is 0.0604 e. The van der Waals surface area contributed by atoms with Gasteiger partial charge in [-0.3, -0.25) is 0 Å². The Balaban J connectivity index is 2.86. The first-order valence-electron chi connectivity index (χ1n) is 4.57. The van der Waals surface area contributed by atoms with E-state index in [2.05, 4.69) is 38.2 Å². The van der Waals surface area contributed by atoms with Crippen molar-refractivity contribution in [3.8, 4) is 0 Å². The van der Waals surface area contributed by atoms with Crippen LogP contribution in [0, 0.1) is 20.8 Å². The molecule has 1 aromatic rings. The minimum absolute atomic E-state index is 0.173. The summed E-state index contributed by atoms with van der Waals surface area (Å²) in [6, 6.07) is 4.22. The Morgan fingerprint density at radius 3 is 2.15 bits per heavy atom. The number of benzene rings is 1. The molecule has 2 heteroatoms. The van der Waals surface area contributed by atoms with Crippen LogP contribution in [0.2, 0.25) is 0 Å². The lowest BCUT2D eigenvalue weighted by molar-refractivity contribution is 0.311. The Morgan fingerprint density at radius 2 is 1.69 bits per heavy atom. The van der Waals surface area contributed by atoms with Crippen LogP contribution in [0.5, 0.6) is 0 Å². The lowest BCUT2D eigenvalue weighted by Crippen LogP contribution is -2.06. The quantitative estimate of drug-likeness (QED) is 0.744. The van der Waals surface area contributed by atoms with Gasteiger partial charge in [0.25, 0.3) is 0 Å². The molecule has 13 heavy (non-hydrogen) atoms. The highest BCUT2D eigenvalue weighted by Gasteiger charge is 1.99. The van der Waals surface area contributed by atoms with Crippen LogP contribution in [0.15, 0.2) is 12.1 Å². The van der Waals surface area contributed by atoms with Crippen LogP contribution in [0.4, 0.5) is 5.69 Å². The summed E-state index contributed by atoms with van der Waals surface area (Å²) in [5.74, 6) is 0. The topological polar surface area (TPSA) is 32.3 Å². The van der Waals surface area contributed by atoms with E-state index in [4.69, 9.17) is 5.11 Å². The highest BCUT2D eigenvalue weighted by Crippen LogP contribution is 2.18. The maximum atomic E-state index is 8.66. The van der Waals surface area contributed by atoms with Gasteiger partial charge < -0.3 is 10.4 Å². The van der Waals surface area contributed by atoms with Crippen molar-refractivity contribution < 1.29 is 5.11 Å². The summed E-state index contributed by atoms with van der Waals surface area (Å²) in [5, 5.41) is 11.8. The Morgan fingerprint density at radius 1 is 1.15 bits per heavy atom. The number of aliphatic hydroxyl groups is 1. The Labute approximate surface area is 79.6 Å². The summed E-state index contributed by atoms with van der Waals surface area (Å²) < 4.78 is 0. The van der Waals surface area contributed by atoms with Crippen molar-refractivity contribution in [2.24, 2.45) is 0 Å². The Bertz CT molecular complexity index is 271. The molecule has 0 saturated carbocycles. The van der Waals surface area contributed by atoms with Crippen LogP contribution in [0.1, 0.15) is 16.7 Å². The molecule has 0 radical (unpaired) electrons. The molecule has 72 valence electrons. The molecular formula is C11H17NO. The largest absolute Gasteiger partial charge is 0.395 e. The predicted molar refractivity (Wildman–Crippen MR) is 56.2 cm³/mol. The first kappa shape index (κ1) is 10.1. The zero-order valence-corrected chi connectivity index (χ0v) is 8.52. The van der Waals surface area contributed by atoms with Gasteiger partial charge >= 0.3 is 0 Å². The molecule has 0 atom stereocenters. The standard InChI is InChI=1S/C11H17NO/c1-8-6-11(12-4-5-13)7-9(2)10(8)3/h6-7,12-13H,4-5H2,1-3H3. The highest BCUT2D eigenvalue weighted by atomic mass is 16.3. The summed E-state index contributed by atoms with van der Waals surface area (Å²) >= 11 is 0. The molecule has 0 bridgehead atoms. The number of anilines is 1. The number of hydrogen-bond acceptors (Lipinski definition) is 2. The predicted octanol–water partition coefficient (Wildman–Crippen LogP) is 2.02. The molecule has 0 amide bonds. The van der Waals surface area contributed by atoms with Crippen molar-refractivity contribution in [2.45, 2.75) is 20.8 Å². The van der Waals surface area contributed by atoms with Crippen LogP contribution >= 0.6 is 0 Å². The lowest BCUT2D eigenvalue weighted by atomic mass is 10.0. The molecule has 2 nitrogen and oxygen atoms in total. The molecular weight excluding hydrogens is 162 g/mol. The van der Waals surface area contributed by atoms with Crippen LogP contribution in [0.3, 0.4) is 0 Å². The van der Waals surface area contributed by atoms with E-state index in [1.807, 2.05) is 0 Å². The second-order valence-corrected chi connectivity index (χ2v) is 3.39. The van der Waals surface area contributed by atoms with E-state index in [-0.39, 0.29) is 6.61 Å². The molecule has 0 fully saturated rings. The zero-order valence-electron chi connectivity index (χ0n) is 8.52. The van der Waals surface area contributed by atoms with Gasteiger partial charge in [0.2, 0.25) is 0 Å². The molecule has 0 aromatic heterocycles. The first-order chi connectivity index (χ1) is 6.15. The molecule has 2 N–H and O–H groups in total. The van der Waals surface area contributed by atoms with E-state index in [1.165, 1.54) is 16.7 Å². The Hall–Kier alpha value is -1.02. The number of aliphatic hydroxyl groups excluding tert-OH is 1. The summed E-state index contributed by atoms with van der Waals surface area (Å²) in [4.78, 5) is 0. The fraction of sp³-hybridized carbons (Fsp3) is 0.455. The van der Waals surface area contributed by atoms with Gasteiger partial charge in [0.1, 0.15) is 0 Å². The molecule has 0 spiro atoms. The second kappa shape index (κ2) is 4.28. The number of nitrogens with one attached hydrogen (secondary N) is 1. The first-order valence-corrected chi connectivity index (χ1v) is 4.57. The van der Waals surface area contributed by atoms with E-state index in [1.54, 1.807) is 0 Å². The molecule has 0 aliphatic heterocycles. The average Bonchev–Trinajstić information content (AvgIpc) is 2.10. The monoisotopic (exact) mass is 179 g/mol. The van der Waals surface area contributed by atoms with E-state index in [9.17, 15) is 0 Å². The van der Waals surface area contributed by atoms with Gasteiger partial charge in [-0.05, 0) is 49.6 Å². The molecule has 0 aliphatic carbocycles. The lowest BCUT2D eigenvalue weighted by Gasteiger charge is -2.10. The molecule has 0 unspecified atom stereocenters. The Kier molecular flexibility index (Phi) is 3.32. The van der Waals surface area contributed by atoms with Gasteiger partial charge in [0.15, 0.2) is 0 Å². The fourth-order valence-corrected chi connectivity index (χ4v) is 1.34. The summed E-state index contributed by atoms with van der Waals surface area (Å²) in [7, 11) is 0. The van der Waals surface area contributed by atoms with Crippen molar-refractivity contribution in [3.63, 3.8) is 0 Å². The third kappa shape index (κ3) is 2.46. The van der Waals surface area contributed by atoms with Gasteiger partial charge in [-0.1, -0.05) is 0 Å². The molecule has 1 aromatic carbocycles. The van der Waals surface area contributed by atoms with Crippen LogP contribution < -0.4 is 5.32 Å².